The molecule has 1 fully saturated rings. The number of benzene rings is 1. The molecule has 0 spiro atoms. The second-order valence-electron chi connectivity index (χ2n) is 10.1. The molecule has 3 aromatic heterocycles. The molecule has 41 heavy (non-hydrogen) atoms. The highest BCUT2D eigenvalue weighted by atomic mass is 35.5. The molecule has 0 saturated heterocycles. The van der Waals surface area contributed by atoms with E-state index in [2.05, 4.69) is 9.97 Å². The highest BCUT2D eigenvalue weighted by Crippen LogP contribution is 2.55. The number of H-pyrrole nitrogens is 1. The van der Waals surface area contributed by atoms with Crippen LogP contribution in [-0.2, 0) is 16.0 Å². The maximum absolute atomic E-state index is 15.2. The Morgan fingerprint density at radius 3 is 2.41 bits per heavy atom. The first-order valence-corrected chi connectivity index (χ1v) is 14.5. The van der Waals surface area contributed by atoms with Crippen LogP contribution in [0.15, 0.2) is 63.3 Å². The Kier molecular flexibility index (Phi) is 6.98. The normalized spacial score (nSPS) is 17.1. The zero-order chi connectivity index (χ0) is 30.0. The number of aryl methyl sites for hydroxylation is 2. The summed E-state index contributed by atoms with van der Waals surface area (Å²) in [5.74, 6) is -1.96. The minimum absolute atomic E-state index is 0.0318. The first-order valence-electron chi connectivity index (χ1n) is 12.3. The third-order valence-corrected chi connectivity index (χ3v) is 8.66. The van der Waals surface area contributed by atoms with E-state index in [4.69, 9.17) is 11.6 Å². The van der Waals surface area contributed by atoms with Crippen molar-refractivity contribution in [1.82, 2.24) is 14.5 Å². The van der Waals surface area contributed by atoms with E-state index in [1.54, 1.807) is 19.9 Å². The van der Waals surface area contributed by atoms with Crippen LogP contribution in [0.2, 0.25) is 5.02 Å². The van der Waals surface area contributed by atoms with Crippen molar-refractivity contribution in [2.45, 2.75) is 43.2 Å². The molecule has 0 amide bonds. The van der Waals surface area contributed by atoms with E-state index in [9.17, 15) is 31.2 Å². The molecule has 1 N–H and O–H groups in total. The molecule has 0 aliphatic heterocycles. The highest BCUT2D eigenvalue weighted by Gasteiger charge is 2.44. The van der Waals surface area contributed by atoms with Crippen LogP contribution in [0.5, 0.6) is 0 Å². The van der Waals surface area contributed by atoms with E-state index < -0.39 is 55.2 Å². The topological polar surface area (TPSA) is 102 Å². The van der Waals surface area contributed by atoms with Gasteiger partial charge >= 0.3 is 6.18 Å². The molecular formula is C28H22ClF4N3O4S. The van der Waals surface area contributed by atoms with Gasteiger partial charge in [0.1, 0.15) is 9.92 Å². The van der Waals surface area contributed by atoms with Crippen LogP contribution in [0, 0.1) is 19.7 Å². The van der Waals surface area contributed by atoms with Gasteiger partial charge in [0.2, 0.25) is 0 Å². The summed E-state index contributed by atoms with van der Waals surface area (Å²) in [5.41, 5.74) is -0.530. The molecule has 2 atom stereocenters. The zero-order valence-corrected chi connectivity index (χ0v) is 23.4. The average Bonchev–Trinajstić information content (AvgIpc) is 3.67. The smallest absolute Gasteiger partial charge is 0.328 e. The van der Waals surface area contributed by atoms with Crippen molar-refractivity contribution in [1.29, 1.82) is 0 Å². The number of hydrogen-bond acceptors (Lipinski definition) is 5. The minimum atomic E-state index is -4.63. The Hall–Kier alpha value is -3.77. The van der Waals surface area contributed by atoms with E-state index in [1.807, 2.05) is 0 Å². The number of hydrogen-bond donors (Lipinski definition) is 1. The second-order valence-corrected chi connectivity index (χ2v) is 12.4. The standard InChI is InChI=1S/C28H22ClF4N3O4S/c1-13-11-34-21(16-5-4-6-23(25(16)30)41(3,39)40)10-22(13)36-14(2)7-19(24(29)27(36)38)17-9-18(17)20-8-15(28(31,32)33)12-35-26(20)37/h4-8,10-12,17-18H,9H2,1-3H3,(H,35,37)/t17-,18-/m0/s1. The van der Waals surface area contributed by atoms with Crippen molar-refractivity contribution in [3.05, 3.63) is 108 Å². The Labute approximate surface area is 236 Å². The van der Waals surface area contributed by atoms with Crippen LogP contribution in [0.3, 0.4) is 0 Å². The van der Waals surface area contributed by atoms with Gasteiger partial charge in [-0.15, -0.1) is 0 Å². The number of sulfone groups is 1. The summed E-state index contributed by atoms with van der Waals surface area (Å²) in [7, 11) is -3.85. The molecule has 5 rings (SSSR count). The largest absolute Gasteiger partial charge is 0.417 e. The number of nitrogens with zero attached hydrogens (tertiary/aromatic N) is 2. The summed E-state index contributed by atoms with van der Waals surface area (Å²) in [6.45, 7) is 3.32. The molecule has 1 saturated carbocycles. The van der Waals surface area contributed by atoms with Gasteiger partial charge in [0.15, 0.2) is 15.7 Å². The van der Waals surface area contributed by atoms with E-state index in [-0.39, 0.29) is 21.8 Å². The molecule has 214 valence electrons. The molecular weight excluding hydrogens is 586 g/mol. The third kappa shape index (κ3) is 5.21. The van der Waals surface area contributed by atoms with E-state index in [1.165, 1.54) is 29.0 Å². The van der Waals surface area contributed by atoms with Crippen LogP contribution in [0.1, 0.15) is 46.2 Å². The maximum atomic E-state index is 15.2. The van der Waals surface area contributed by atoms with Crippen molar-refractivity contribution in [2.24, 2.45) is 0 Å². The van der Waals surface area contributed by atoms with Crippen LogP contribution in [0.4, 0.5) is 17.6 Å². The van der Waals surface area contributed by atoms with Gasteiger partial charge in [0, 0.05) is 35.5 Å². The minimum Gasteiger partial charge on any atom is -0.328 e. The van der Waals surface area contributed by atoms with Gasteiger partial charge in [-0.25, -0.2) is 12.8 Å². The molecule has 0 bridgehead atoms. The van der Waals surface area contributed by atoms with Crippen molar-refractivity contribution in [3.8, 4) is 16.9 Å². The molecule has 3 heterocycles. The lowest BCUT2D eigenvalue weighted by Crippen LogP contribution is -2.23. The SMILES string of the molecule is Cc1cnc(-c2cccc(S(C)(=O)=O)c2F)cc1-n1c(C)cc([C@H]2C[C@@H]2c2cc(C(F)(F)F)c[nH]c2=O)c(Cl)c1=O. The summed E-state index contributed by atoms with van der Waals surface area (Å²) in [5, 5.41) is -0.158. The van der Waals surface area contributed by atoms with Gasteiger partial charge in [-0.1, -0.05) is 17.7 Å². The lowest BCUT2D eigenvalue weighted by atomic mass is 10.0. The predicted molar refractivity (Wildman–Crippen MR) is 145 cm³/mol. The van der Waals surface area contributed by atoms with Gasteiger partial charge < -0.3 is 4.98 Å². The number of aromatic amines is 1. The summed E-state index contributed by atoms with van der Waals surface area (Å²) in [4.78, 5) is 31.7. The first kappa shape index (κ1) is 28.7. The second kappa shape index (κ2) is 9.95. The molecule has 4 aromatic rings. The average molecular weight is 608 g/mol. The monoisotopic (exact) mass is 607 g/mol. The van der Waals surface area contributed by atoms with Gasteiger partial charge in [0.25, 0.3) is 11.1 Å². The summed E-state index contributed by atoms with van der Waals surface area (Å²) >= 11 is 6.52. The van der Waals surface area contributed by atoms with Crippen molar-refractivity contribution in [3.63, 3.8) is 0 Å². The van der Waals surface area contributed by atoms with Gasteiger partial charge in [-0.05, 0) is 73.6 Å². The van der Waals surface area contributed by atoms with Crippen LogP contribution in [0.25, 0.3) is 16.9 Å². The van der Waals surface area contributed by atoms with Gasteiger partial charge in [0.05, 0.1) is 16.9 Å². The highest BCUT2D eigenvalue weighted by molar-refractivity contribution is 7.90. The number of alkyl halides is 3. The summed E-state index contributed by atoms with van der Waals surface area (Å²) in [6.07, 6.45) is -1.36. The Morgan fingerprint density at radius 1 is 1.07 bits per heavy atom. The fourth-order valence-electron chi connectivity index (χ4n) is 5.02. The number of halogens is 5. The third-order valence-electron chi connectivity index (χ3n) is 7.16. The number of rotatable bonds is 5. The lowest BCUT2D eigenvalue weighted by molar-refractivity contribution is -0.137. The maximum Gasteiger partial charge on any atom is 0.417 e. The number of nitrogens with one attached hydrogen (secondary N) is 1. The molecule has 0 unspecified atom stereocenters. The number of aromatic nitrogens is 3. The Morgan fingerprint density at radius 2 is 1.76 bits per heavy atom. The Bertz CT molecular complexity index is 1950. The van der Waals surface area contributed by atoms with E-state index >= 15 is 4.39 Å². The lowest BCUT2D eigenvalue weighted by Gasteiger charge is -2.17. The van der Waals surface area contributed by atoms with E-state index in [0.29, 0.717) is 35.1 Å². The predicted octanol–water partition coefficient (Wildman–Crippen LogP) is 5.69. The van der Waals surface area contributed by atoms with Crippen LogP contribution >= 0.6 is 11.6 Å². The first-order chi connectivity index (χ1) is 19.1. The summed E-state index contributed by atoms with van der Waals surface area (Å²) < 4.78 is 80.1. The molecule has 1 aliphatic rings. The summed E-state index contributed by atoms with van der Waals surface area (Å²) in [6, 6.07) is 7.83. The Balaban J connectivity index is 1.56. The van der Waals surface area contributed by atoms with Gasteiger partial charge in [-0.3, -0.25) is 19.1 Å². The van der Waals surface area contributed by atoms with Crippen LogP contribution in [-0.4, -0.2) is 29.2 Å². The van der Waals surface area contributed by atoms with Crippen molar-refractivity contribution < 1.29 is 26.0 Å². The van der Waals surface area contributed by atoms with Crippen molar-refractivity contribution >= 4 is 21.4 Å². The molecule has 0 radical (unpaired) electrons. The van der Waals surface area contributed by atoms with Gasteiger partial charge in [-0.2, -0.15) is 13.2 Å². The van der Waals surface area contributed by atoms with Crippen LogP contribution < -0.4 is 11.1 Å². The zero-order valence-electron chi connectivity index (χ0n) is 21.8. The fraction of sp³-hybridized carbons (Fsp3) is 0.250. The molecule has 7 nitrogen and oxygen atoms in total. The molecule has 13 heteroatoms. The molecule has 1 aliphatic carbocycles. The fourth-order valence-corrected chi connectivity index (χ4v) is 6.06. The number of pyridine rings is 3. The van der Waals surface area contributed by atoms with Crippen molar-refractivity contribution in [2.75, 3.05) is 6.26 Å². The quantitative estimate of drug-likeness (QED) is 0.294. The molecule has 1 aromatic carbocycles. The van der Waals surface area contributed by atoms with E-state index in [0.717, 1.165) is 18.4 Å².